The van der Waals surface area contributed by atoms with Gasteiger partial charge < -0.3 is 10.6 Å². The summed E-state index contributed by atoms with van der Waals surface area (Å²) in [4.78, 5) is 70.4. The van der Waals surface area contributed by atoms with E-state index in [1.807, 2.05) is 0 Å². The van der Waals surface area contributed by atoms with Crippen molar-refractivity contribution in [2.45, 2.75) is 33.4 Å². The van der Waals surface area contributed by atoms with Crippen molar-refractivity contribution < 1.29 is 29.3 Å². The maximum absolute atomic E-state index is 13.9. The normalized spacial score (nSPS) is 12.5. The summed E-state index contributed by atoms with van der Waals surface area (Å²) >= 11 is 0. The molecule has 0 aliphatic carbocycles. The van der Waals surface area contributed by atoms with E-state index in [1.165, 1.54) is 13.8 Å². The third-order valence-electron chi connectivity index (χ3n) is 8.22. The first kappa shape index (κ1) is 40.1. The molecule has 2 amide bonds. The predicted octanol–water partition coefficient (Wildman–Crippen LogP) is 5.85. The average Bonchev–Trinajstić information content (AvgIpc) is 3.18. The zero-order chi connectivity index (χ0) is 40.1. The Bertz CT molecular complexity index is 2000. The molecule has 2 unspecified atom stereocenters. The number of anilines is 2. The summed E-state index contributed by atoms with van der Waals surface area (Å²) < 4.78 is 0. The Morgan fingerprint density at radius 3 is 1.25 bits per heavy atom. The molecule has 0 aliphatic heterocycles. The molecule has 0 spiro atoms. The van der Waals surface area contributed by atoms with Crippen molar-refractivity contribution in [2.75, 3.05) is 10.9 Å². The zero-order valence-corrected chi connectivity index (χ0v) is 29.3. The lowest BCUT2D eigenvalue weighted by Crippen LogP contribution is -2.41. The molecule has 4 rings (SSSR count). The van der Waals surface area contributed by atoms with E-state index >= 15 is 0 Å². The van der Waals surface area contributed by atoms with Gasteiger partial charge in [-0.25, -0.2) is 0 Å². The quantitative estimate of drug-likeness (QED) is 0.0529. The van der Waals surface area contributed by atoms with Crippen LogP contribution in [-0.4, -0.2) is 42.9 Å². The molecule has 284 valence electrons. The minimum Gasteiger partial charge on any atom is -0.351 e. The smallest absolute Gasteiger partial charge is 0.301 e. The van der Waals surface area contributed by atoms with Gasteiger partial charge in [-0.15, -0.1) is 0 Å². The number of benzene rings is 4. The van der Waals surface area contributed by atoms with Crippen LogP contribution in [-0.2, 0) is 22.7 Å². The molecule has 4 N–H and O–H groups in total. The molecule has 0 saturated carbocycles. The van der Waals surface area contributed by atoms with E-state index in [2.05, 4.69) is 31.7 Å². The Balaban J connectivity index is 1.72. The number of hydrogen-bond donors (Lipinski definition) is 4. The summed E-state index contributed by atoms with van der Waals surface area (Å²) in [5, 5.41) is 60.0. The van der Waals surface area contributed by atoms with Crippen LogP contribution in [0.3, 0.4) is 0 Å². The molecule has 0 heterocycles. The molecule has 0 saturated heterocycles. The highest BCUT2D eigenvalue weighted by Gasteiger charge is 2.32. The number of nitrogens with one attached hydrogen (secondary N) is 4. The van der Waals surface area contributed by atoms with E-state index in [-0.39, 0.29) is 42.3 Å². The van der Waals surface area contributed by atoms with Crippen LogP contribution in [0, 0.1) is 52.3 Å². The van der Waals surface area contributed by atoms with E-state index in [0.717, 1.165) is 47.5 Å². The lowest BCUT2D eigenvalue weighted by atomic mass is 9.87. The van der Waals surface area contributed by atoms with Crippen LogP contribution in [0.4, 0.5) is 34.1 Å². The Kier molecular flexibility index (Phi) is 13.7. The first-order chi connectivity index (χ1) is 26.2. The Morgan fingerprint density at radius 2 is 0.927 bits per heavy atom. The second kappa shape index (κ2) is 18.7. The molecule has 0 aromatic heterocycles. The average molecular weight is 755 g/mol. The van der Waals surface area contributed by atoms with Gasteiger partial charge in [-0.2, -0.15) is 10.2 Å². The van der Waals surface area contributed by atoms with Crippen LogP contribution in [0.5, 0.6) is 0 Å². The number of hydrazone groups is 2. The number of rotatable bonds is 18. The van der Waals surface area contributed by atoms with Crippen LogP contribution in [0.2, 0.25) is 0 Å². The SMILES string of the molecule is C/C(=N/Nc1ccc([N+](=O)[O-])cc1[N+](=O)[O-])C(CC(C(=O)NCc1ccccc1)/C(C)=N/Nc1ccc([N+](=O)[O-])cc1[N+](=O)[O-])C(=O)NCc1ccccc1. The second-order valence-corrected chi connectivity index (χ2v) is 11.9. The zero-order valence-electron chi connectivity index (χ0n) is 29.3. The molecule has 55 heavy (non-hydrogen) atoms. The fourth-order valence-electron chi connectivity index (χ4n) is 5.20. The predicted molar refractivity (Wildman–Crippen MR) is 201 cm³/mol. The molecular weight excluding hydrogens is 720 g/mol. The van der Waals surface area contributed by atoms with Crippen molar-refractivity contribution in [3.63, 3.8) is 0 Å². The number of nitro groups is 4. The summed E-state index contributed by atoms with van der Waals surface area (Å²) in [6, 6.07) is 23.6. The minimum atomic E-state index is -1.19. The van der Waals surface area contributed by atoms with Gasteiger partial charge in [-0.3, -0.25) is 60.9 Å². The maximum Gasteiger partial charge on any atom is 0.301 e. The number of carbonyl (C=O) groups is 2. The maximum atomic E-state index is 13.9. The van der Waals surface area contributed by atoms with Crippen LogP contribution >= 0.6 is 0 Å². The fourth-order valence-corrected chi connectivity index (χ4v) is 5.20. The topological polar surface area (TPSA) is 280 Å². The van der Waals surface area contributed by atoms with Gasteiger partial charge in [0.25, 0.3) is 11.4 Å². The Labute approximate surface area is 311 Å². The number of nitro benzene ring substituents is 4. The van der Waals surface area contributed by atoms with Crippen LogP contribution in [0.25, 0.3) is 0 Å². The first-order valence-corrected chi connectivity index (χ1v) is 16.3. The van der Waals surface area contributed by atoms with Crippen LogP contribution in [0.15, 0.2) is 107 Å². The van der Waals surface area contributed by atoms with Crippen molar-refractivity contribution in [1.82, 2.24) is 10.6 Å². The van der Waals surface area contributed by atoms with E-state index in [0.29, 0.717) is 0 Å². The van der Waals surface area contributed by atoms with Crippen molar-refractivity contribution in [1.29, 1.82) is 0 Å². The van der Waals surface area contributed by atoms with E-state index < -0.39 is 66.1 Å². The highest BCUT2D eigenvalue weighted by Crippen LogP contribution is 2.31. The first-order valence-electron chi connectivity index (χ1n) is 16.3. The monoisotopic (exact) mass is 754 g/mol. The van der Waals surface area contributed by atoms with Crippen molar-refractivity contribution in [3.8, 4) is 0 Å². The molecule has 2 atom stereocenters. The molecule has 20 heteroatoms. The fraction of sp³-hybridized carbons (Fsp3) is 0.200. The largest absolute Gasteiger partial charge is 0.351 e. The van der Waals surface area contributed by atoms with Crippen molar-refractivity contribution >= 4 is 57.4 Å². The van der Waals surface area contributed by atoms with Gasteiger partial charge in [0, 0.05) is 36.6 Å². The summed E-state index contributed by atoms with van der Waals surface area (Å²) in [6.45, 7) is 3.07. The van der Waals surface area contributed by atoms with Gasteiger partial charge >= 0.3 is 11.4 Å². The molecule has 0 bridgehead atoms. The third-order valence-corrected chi connectivity index (χ3v) is 8.22. The number of amides is 2. The number of carbonyl (C=O) groups excluding carboxylic acids is 2. The second-order valence-electron chi connectivity index (χ2n) is 11.9. The molecule has 0 aliphatic rings. The number of non-ortho nitro benzene ring substituents is 2. The summed E-state index contributed by atoms with van der Waals surface area (Å²) in [7, 11) is 0. The summed E-state index contributed by atoms with van der Waals surface area (Å²) in [5.74, 6) is -3.56. The lowest BCUT2D eigenvalue weighted by Gasteiger charge is -2.23. The third kappa shape index (κ3) is 11.2. The summed E-state index contributed by atoms with van der Waals surface area (Å²) in [6.07, 6.45) is -0.278. The van der Waals surface area contributed by atoms with E-state index in [1.54, 1.807) is 60.7 Å². The Morgan fingerprint density at radius 1 is 0.564 bits per heavy atom. The van der Waals surface area contributed by atoms with Gasteiger partial charge in [0.15, 0.2) is 0 Å². The highest BCUT2D eigenvalue weighted by molar-refractivity contribution is 6.07. The van der Waals surface area contributed by atoms with Gasteiger partial charge in [-0.1, -0.05) is 60.7 Å². The van der Waals surface area contributed by atoms with Gasteiger partial charge in [0.05, 0.1) is 43.7 Å². The molecular formula is C35H34N10O10. The Hall–Kier alpha value is -7.64. The van der Waals surface area contributed by atoms with Crippen LogP contribution < -0.4 is 21.5 Å². The molecule has 0 fully saturated rings. The van der Waals surface area contributed by atoms with Crippen molar-refractivity contribution in [3.05, 3.63) is 149 Å². The van der Waals surface area contributed by atoms with Crippen molar-refractivity contribution in [2.24, 2.45) is 22.0 Å². The van der Waals surface area contributed by atoms with E-state index in [4.69, 9.17) is 0 Å². The lowest BCUT2D eigenvalue weighted by molar-refractivity contribution is -0.393. The van der Waals surface area contributed by atoms with Gasteiger partial charge in [-0.05, 0) is 43.5 Å². The van der Waals surface area contributed by atoms with E-state index in [9.17, 15) is 50.0 Å². The van der Waals surface area contributed by atoms with Gasteiger partial charge in [0.1, 0.15) is 11.4 Å². The summed E-state index contributed by atoms with van der Waals surface area (Å²) in [5.41, 5.74) is 3.90. The molecule has 0 radical (unpaired) electrons. The standard InChI is InChI=1S/C35H34N10O10/c1-22(38-40-30-15-13-26(42(48)49)17-32(30)44(52)53)28(34(46)36-20-24-9-5-3-6-10-24)19-29(35(47)37-21-25-11-7-4-8-12-25)23(2)39-41-31-16-14-27(43(50)51)18-33(31)45(54)55/h3-18,28-29,40-41H,19-21H2,1-2H3,(H,36,46)(H,37,47)/b38-22-,39-23+. The molecule has 4 aromatic carbocycles. The molecule has 20 nitrogen and oxygen atoms in total. The number of nitrogens with zero attached hydrogens (tertiary/aromatic N) is 6. The number of hydrogen-bond acceptors (Lipinski definition) is 14. The minimum absolute atomic E-state index is 0.0610. The molecule has 4 aromatic rings. The van der Waals surface area contributed by atoms with Crippen LogP contribution in [0.1, 0.15) is 31.4 Å². The van der Waals surface area contributed by atoms with Gasteiger partial charge in [0.2, 0.25) is 11.8 Å². The highest BCUT2D eigenvalue weighted by atomic mass is 16.6.